The highest BCUT2D eigenvalue weighted by Crippen LogP contribution is 2.19. The Morgan fingerprint density at radius 1 is 0.909 bits per heavy atom. The van der Waals surface area contributed by atoms with Gasteiger partial charge < -0.3 is 0 Å². The molecule has 0 aliphatic heterocycles. The van der Waals surface area contributed by atoms with Crippen LogP contribution in [0.2, 0.25) is 0 Å². The van der Waals surface area contributed by atoms with E-state index in [9.17, 15) is 17.9 Å². The van der Waals surface area contributed by atoms with Crippen LogP contribution >= 0.6 is 0 Å². The minimum absolute atomic E-state index is 0.669. The lowest BCUT2D eigenvalue weighted by atomic mass is 9.94. The lowest BCUT2D eigenvalue weighted by Gasteiger charge is -2.23. The van der Waals surface area contributed by atoms with Gasteiger partial charge in [-0.3, -0.25) is 0 Å². The van der Waals surface area contributed by atoms with Gasteiger partial charge in [0.25, 0.3) is 0 Å². The summed E-state index contributed by atoms with van der Waals surface area (Å²) >= 11 is 0. The van der Waals surface area contributed by atoms with Gasteiger partial charge in [-0.2, -0.15) is 0 Å². The molecule has 0 aliphatic carbocycles. The molecular formula is C5H10F4N2. The van der Waals surface area contributed by atoms with E-state index >= 15 is 0 Å². The molecule has 0 aromatic rings. The maximum Gasteiger partial charge on any atom is 0.0685 e. The summed E-state index contributed by atoms with van der Waals surface area (Å²) in [6.07, 6.45) is 0. The van der Waals surface area contributed by atoms with Crippen molar-refractivity contribution in [1.29, 1.82) is 0 Å². The van der Waals surface area contributed by atoms with Gasteiger partial charge in [0.2, 0.25) is 0 Å². The van der Waals surface area contributed by atoms with Crippen LogP contribution in [-0.4, -0.2) is 23.8 Å². The fraction of sp³-hybridized carbons (Fsp3) is 1.00. The largest absolute Gasteiger partial charge is 0.102 e. The second kappa shape index (κ2) is 3.87. The van der Waals surface area contributed by atoms with Gasteiger partial charge in [0.1, 0.15) is 0 Å². The van der Waals surface area contributed by atoms with E-state index in [2.05, 4.69) is 0 Å². The van der Waals surface area contributed by atoms with E-state index < -0.39 is 29.2 Å². The summed E-state index contributed by atoms with van der Waals surface area (Å²) in [4.78, 5) is 0. The normalized spacial score (nSPS) is 13.1. The Labute approximate surface area is 62.1 Å². The molecule has 2 nitrogen and oxygen atoms in total. The Morgan fingerprint density at radius 2 is 1.18 bits per heavy atom. The molecule has 0 fully saturated rings. The van der Waals surface area contributed by atoms with Crippen LogP contribution in [0.5, 0.6) is 0 Å². The number of hydrogen-bond acceptors (Lipinski definition) is 2. The maximum absolute atomic E-state index is 11.6. The predicted molar refractivity (Wildman–Crippen MR) is 31.6 cm³/mol. The van der Waals surface area contributed by atoms with Gasteiger partial charge in [0, 0.05) is 16.1 Å². The highest BCUT2D eigenvalue weighted by atomic mass is 19.4. The van der Waals surface area contributed by atoms with Crippen molar-refractivity contribution in [3.8, 4) is 0 Å². The van der Waals surface area contributed by atoms with E-state index in [0.29, 0.717) is 0 Å². The zero-order valence-electron chi connectivity index (χ0n) is 6.32. The molecule has 0 aromatic carbocycles. The standard InChI is InChI=1S/C5H10F4N2/c1-5(2,3-10(6)7)4-11(8)9/h3-4H2,1-2H3. The molecule has 0 atom stereocenters. The Balaban J connectivity index is 3.79. The summed E-state index contributed by atoms with van der Waals surface area (Å²) in [5, 5.41) is -2.19. The van der Waals surface area contributed by atoms with Gasteiger partial charge in [-0.15, -0.1) is 17.9 Å². The number of hydrogen-bond donors (Lipinski definition) is 0. The molecular weight excluding hydrogens is 164 g/mol. The highest BCUT2D eigenvalue weighted by Gasteiger charge is 2.25. The third-order valence-electron chi connectivity index (χ3n) is 1.10. The van der Waals surface area contributed by atoms with Crippen molar-refractivity contribution >= 4 is 0 Å². The van der Waals surface area contributed by atoms with Gasteiger partial charge in [-0.25, -0.2) is 0 Å². The number of halogens is 4. The predicted octanol–water partition coefficient (Wildman–Crippen LogP) is 2.15. The minimum atomic E-state index is -1.10. The van der Waals surface area contributed by atoms with Gasteiger partial charge in [0.05, 0.1) is 13.1 Å². The van der Waals surface area contributed by atoms with Crippen molar-refractivity contribution in [2.45, 2.75) is 13.8 Å². The van der Waals surface area contributed by atoms with Crippen molar-refractivity contribution in [2.75, 3.05) is 13.1 Å². The third kappa shape index (κ3) is 6.05. The van der Waals surface area contributed by atoms with E-state index in [-0.39, 0.29) is 0 Å². The van der Waals surface area contributed by atoms with Crippen LogP contribution in [0.1, 0.15) is 13.8 Å². The van der Waals surface area contributed by atoms with E-state index in [0.717, 1.165) is 0 Å². The molecule has 0 amide bonds. The van der Waals surface area contributed by atoms with Gasteiger partial charge in [-0.1, -0.05) is 13.8 Å². The molecule has 0 aromatic heterocycles. The fourth-order valence-corrected chi connectivity index (χ4v) is 0.697. The first-order valence-corrected chi connectivity index (χ1v) is 3.02. The monoisotopic (exact) mass is 174 g/mol. The first kappa shape index (κ1) is 10.6. The summed E-state index contributed by atoms with van der Waals surface area (Å²) in [7, 11) is 0. The highest BCUT2D eigenvalue weighted by molar-refractivity contribution is 4.69. The van der Waals surface area contributed by atoms with Crippen molar-refractivity contribution in [2.24, 2.45) is 5.41 Å². The van der Waals surface area contributed by atoms with Crippen LogP contribution in [0.15, 0.2) is 0 Å². The SMILES string of the molecule is CC(C)(CN(F)F)CN(F)F. The van der Waals surface area contributed by atoms with Crippen LogP contribution in [0.3, 0.4) is 0 Å². The summed E-state index contributed by atoms with van der Waals surface area (Å²) in [6, 6.07) is 0. The molecule has 0 N–H and O–H groups in total. The second-order valence-electron chi connectivity index (χ2n) is 3.09. The summed E-state index contributed by atoms with van der Waals surface area (Å²) in [6.45, 7) is 1.34. The minimum Gasteiger partial charge on any atom is -0.102 e. The van der Waals surface area contributed by atoms with E-state index in [4.69, 9.17) is 0 Å². The Hall–Kier alpha value is -0.360. The average Bonchev–Trinajstić information content (AvgIpc) is 1.53. The topological polar surface area (TPSA) is 6.48 Å². The zero-order chi connectivity index (χ0) is 9.07. The van der Waals surface area contributed by atoms with E-state index in [1.807, 2.05) is 0 Å². The van der Waals surface area contributed by atoms with Crippen molar-refractivity contribution in [3.05, 3.63) is 0 Å². The van der Waals surface area contributed by atoms with Gasteiger partial charge in [0.15, 0.2) is 0 Å². The second-order valence-corrected chi connectivity index (χ2v) is 3.09. The number of nitrogens with zero attached hydrogens (tertiary/aromatic N) is 2. The first-order chi connectivity index (χ1) is 4.83. The molecule has 0 unspecified atom stereocenters. The molecule has 0 saturated heterocycles. The summed E-state index contributed by atoms with van der Waals surface area (Å²) in [5.74, 6) is 0. The van der Waals surface area contributed by atoms with Crippen LogP contribution in [0, 0.1) is 5.41 Å². The van der Waals surface area contributed by atoms with Crippen LogP contribution in [-0.2, 0) is 0 Å². The van der Waals surface area contributed by atoms with Crippen LogP contribution in [0.25, 0.3) is 0 Å². The fourth-order valence-electron chi connectivity index (χ4n) is 0.697. The van der Waals surface area contributed by atoms with Crippen LogP contribution in [0.4, 0.5) is 17.9 Å². The Kier molecular flexibility index (Phi) is 3.74. The molecule has 0 bridgehead atoms. The molecule has 0 aliphatic rings. The molecule has 11 heavy (non-hydrogen) atoms. The average molecular weight is 174 g/mol. The van der Waals surface area contributed by atoms with E-state index in [1.54, 1.807) is 0 Å². The molecule has 0 saturated carbocycles. The summed E-state index contributed by atoms with van der Waals surface area (Å²) < 4.78 is 46.2. The van der Waals surface area contributed by atoms with E-state index in [1.165, 1.54) is 13.8 Å². The molecule has 0 heterocycles. The smallest absolute Gasteiger partial charge is 0.0685 e. The third-order valence-corrected chi connectivity index (χ3v) is 1.10. The summed E-state index contributed by atoms with van der Waals surface area (Å²) in [5.41, 5.74) is -1.10. The zero-order valence-corrected chi connectivity index (χ0v) is 6.32. The van der Waals surface area contributed by atoms with Gasteiger partial charge in [-0.05, 0) is 0 Å². The van der Waals surface area contributed by atoms with Gasteiger partial charge >= 0.3 is 0 Å². The molecule has 0 radical (unpaired) electrons. The quantitative estimate of drug-likeness (QED) is 0.476. The lowest BCUT2D eigenvalue weighted by Crippen LogP contribution is -2.32. The van der Waals surface area contributed by atoms with Crippen molar-refractivity contribution in [1.82, 2.24) is 10.7 Å². The lowest BCUT2D eigenvalue weighted by molar-refractivity contribution is -0.205. The van der Waals surface area contributed by atoms with Crippen molar-refractivity contribution in [3.63, 3.8) is 0 Å². The molecule has 0 rings (SSSR count). The number of rotatable bonds is 4. The maximum atomic E-state index is 11.6. The first-order valence-electron chi connectivity index (χ1n) is 3.02. The Bertz CT molecular complexity index is 103. The van der Waals surface area contributed by atoms with Crippen molar-refractivity contribution < 1.29 is 17.9 Å². The Morgan fingerprint density at radius 3 is 1.36 bits per heavy atom. The molecule has 68 valence electrons. The molecule has 0 spiro atoms. The van der Waals surface area contributed by atoms with Crippen LogP contribution < -0.4 is 0 Å². The molecule has 6 heteroatoms.